The van der Waals surface area contributed by atoms with E-state index in [0.29, 0.717) is 18.8 Å². The number of aromatic hydroxyl groups is 1. The fourth-order valence-electron chi connectivity index (χ4n) is 3.63. The van der Waals surface area contributed by atoms with Gasteiger partial charge in [0.2, 0.25) is 0 Å². The van der Waals surface area contributed by atoms with Crippen LogP contribution in [0.4, 0.5) is 0 Å². The molecule has 30 heavy (non-hydrogen) atoms. The van der Waals surface area contributed by atoms with Gasteiger partial charge in [-0.2, -0.15) is 0 Å². The van der Waals surface area contributed by atoms with E-state index in [1.54, 1.807) is 6.07 Å². The number of para-hydroxylation sites is 1. The van der Waals surface area contributed by atoms with Gasteiger partial charge in [-0.25, -0.2) is 0 Å². The molecule has 0 aliphatic carbocycles. The first kappa shape index (κ1) is 21.1. The molecular weight excluding hydrogens is 508 g/mol. The molecule has 2 atom stereocenters. The fourth-order valence-corrected chi connectivity index (χ4v) is 4.16. The van der Waals surface area contributed by atoms with Crippen molar-refractivity contribution in [1.29, 1.82) is 0 Å². The summed E-state index contributed by atoms with van der Waals surface area (Å²) in [4.78, 5) is 5.01. The summed E-state index contributed by atoms with van der Waals surface area (Å²) in [5.41, 5.74) is 3.96. The summed E-state index contributed by atoms with van der Waals surface area (Å²) in [7, 11) is 0. The van der Waals surface area contributed by atoms with Gasteiger partial charge >= 0.3 is 0 Å². The zero-order valence-corrected chi connectivity index (χ0v) is 19.7. The van der Waals surface area contributed by atoms with Crippen molar-refractivity contribution in [3.05, 3.63) is 92.4 Å². The zero-order valence-electron chi connectivity index (χ0n) is 16.5. The van der Waals surface area contributed by atoms with Crippen molar-refractivity contribution in [2.24, 2.45) is 4.99 Å². The van der Waals surface area contributed by atoms with E-state index in [-0.39, 0.29) is 18.0 Å². The molecule has 0 spiro atoms. The summed E-state index contributed by atoms with van der Waals surface area (Å²) >= 11 is 7.00. The van der Waals surface area contributed by atoms with Crippen LogP contribution in [0.5, 0.6) is 11.5 Å². The number of nitrogens with zero attached hydrogens (tertiary/aromatic N) is 1. The Labute approximate surface area is 193 Å². The van der Waals surface area contributed by atoms with Gasteiger partial charge in [0.25, 0.3) is 0 Å². The van der Waals surface area contributed by atoms with Gasteiger partial charge in [0.15, 0.2) is 11.5 Å². The van der Waals surface area contributed by atoms with Crippen LogP contribution in [0.2, 0.25) is 0 Å². The predicted molar refractivity (Wildman–Crippen MR) is 127 cm³/mol. The summed E-state index contributed by atoms with van der Waals surface area (Å²) in [6.45, 7) is 2.41. The van der Waals surface area contributed by atoms with Crippen LogP contribution in [-0.4, -0.2) is 17.4 Å². The smallest absolute Gasteiger partial charge is 0.162 e. The van der Waals surface area contributed by atoms with E-state index < -0.39 is 0 Å². The standard InChI is InChI=1S/C24H22Br2N2O2/c1-2-30-22-5-3-4-19(23(22)29)21-14-20(15-6-10-17(25)11-7-15)27-24(28-21)16-8-12-18(26)13-9-16/h3-13,21,24,28-29H,2,14H2,1H3/t21-,24+/m0/s1. The number of halogens is 2. The van der Waals surface area contributed by atoms with Crippen molar-refractivity contribution in [3.8, 4) is 11.5 Å². The average Bonchev–Trinajstić information content (AvgIpc) is 2.76. The minimum Gasteiger partial charge on any atom is -0.504 e. The highest BCUT2D eigenvalue weighted by atomic mass is 79.9. The molecule has 154 valence electrons. The topological polar surface area (TPSA) is 53.8 Å². The number of aliphatic imine (C=N–C) groups is 1. The van der Waals surface area contributed by atoms with E-state index in [0.717, 1.165) is 31.3 Å². The van der Waals surface area contributed by atoms with Crippen molar-refractivity contribution >= 4 is 37.6 Å². The highest BCUT2D eigenvalue weighted by molar-refractivity contribution is 9.10. The van der Waals surface area contributed by atoms with Crippen LogP contribution >= 0.6 is 31.9 Å². The van der Waals surface area contributed by atoms with Crippen LogP contribution in [0.1, 0.15) is 42.2 Å². The second-order valence-corrected chi connectivity index (χ2v) is 8.92. The van der Waals surface area contributed by atoms with Crippen LogP contribution in [0.15, 0.2) is 80.7 Å². The summed E-state index contributed by atoms with van der Waals surface area (Å²) in [6, 6.07) is 21.9. The minimum absolute atomic E-state index is 0.102. The van der Waals surface area contributed by atoms with Gasteiger partial charge < -0.3 is 9.84 Å². The molecule has 0 bridgehead atoms. The van der Waals surface area contributed by atoms with Gasteiger partial charge in [-0.05, 0) is 48.4 Å². The van der Waals surface area contributed by atoms with Gasteiger partial charge in [-0.3, -0.25) is 10.3 Å². The number of phenols is 1. The molecular formula is C24H22Br2N2O2. The second kappa shape index (κ2) is 9.33. The number of hydrogen-bond donors (Lipinski definition) is 2. The van der Waals surface area contributed by atoms with E-state index in [2.05, 4.69) is 61.4 Å². The van der Waals surface area contributed by atoms with E-state index in [9.17, 15) is 5.11 Å². The van der Waals surface area contributed by atoms with Gasteiger partial charge in [0.05, 0.1) is 6.61 Å². The zero-order chi connectivity index (χ0) is 21.1. The van der Waals surface area contributed by atoms with Crippen LogP contribution in [0, 0.1) is 0 Å². The van der Waals surface area contributed by atoms with Crippen LogP contribution in [0.25, 0.3) is 0 Å². The third kappa shape index (κ3) is 4.61. The third-order valence-electron chi connectivity index (χ3n) is 5.11. The number of benzene rings is 3. The summed E-state index contributed by atoms with van der Waals surface area (Å²) in [5.74, 6) is 0.688. The predicted octanol–water partition coefficient (Wildman–Crippen LogP) is 6.54. The lowest BCUT2D eigenvalue weighted by Crippen LogP contribution is -2.33. The Morgan fingerprint density at radius 1 is 1.00 bits per heavy atom. The van der Waals surface area contributed by atoms with Gasteiger partial charge in [0, 0.05) is 32.7 Å². The Kier molecular flexibility index (Phi) is 6.56. The Morgan fingerprint density at radius 2 is 1.67 bits per heavy atom. The minimum atomic E-state index is -0.217. The monoisotopic (exact) mass is 528 g/mol. The third-order valence-corrected chi connectivity index (χ3v) is 6.17. The molecule has 4 rings (SSSR count). The Hall–Kier alpha value is -2.15. The molecule has 0 amide bonds. The Morgan fingerprint density at radius 3 is 2.33 bits per heavy atom. The maximum absolute atomic E-state index is 10.8. The molecule has 3 aromatic carbocycles. The highest BCUT2D eigenvalue weighted by Crippen LogP contribution is 2.39. The molecule has 0 saturated heterocycles. The average molecular weight is 530 g/mol. The molecule has 0 radical (unpaired) electrons. The maximum Gasteiger partial charge on any atom is 0.162 e. The molecule has 1 aliphatic heterocycles. The van der Waals surface area contributed by atoms with Crippen molar-refractivity contribution in [1.82, 2.24) is 5.32 Å². The molecule has 3 aromatic rings. The van der Waals surface area contributed by atoms with E-state index in [4.69, 9.17) is 9.73 Å². The second-order valence-electron chi connectivity index (χ2n) is 7.09. The van der Waals surface area contributed by atoms with Crippen LogP contribution in [-0.2, 0) is 0 Å². The molecule has 0 saturated carbocycles. The summed E-state index contributed by atoms with van der Waals surface area (Å²) in [6.07, 6.45) is 0.447. The quantitative estimate of drug-likeness (QED) is 0.394. The van der Waals surface area contributed by atoms with Crippen LogP contribution in [0.3, 0.4) is 0 Å². The molecule has 0 unspecified atom stereocenters. The van der Waals surface area contributed by atoms with Crippen molar-refractivity contribution in [3.63, 3.8) is 0 Å². The van der Waals surface area contributed by atoms with E-state index in [1.807, 2.05) is 43.3 Å². The van der Waals surface area contributed by atoms with Gasteiger partial charge in [-0.1, -0.05) is 68.3 Å². The van der Waals surface area contributed by atoms with Gasteiger partial charge in [0.1, 0.15) is 6.17 Å². The Balaban J connectivity index is 1.74. The Bertz CT molecular complexity index is 1050. The SMILES string of the molecule is CCOc1cccc([C@@H]2CC(c3ccc(Br)cc3)=N[C@@H](c3ccc(Br)cc3)N2)c1O. The van der Waals surface area contributed by atoms with Crippen molar-refractivity contribution in [2.75, 3.05) is 6.61 Å². The first-order valence-corrected chi connectivity index (χ1v) is 11.4. The molecule has 4 nitrogen and oxygen atoms in total. The molecule has 1 heterocycles. The lowest BCUT2D eigenvalue weighted by atomic mass is 9.93. The molecule has 0 aromatic heterocycles. The van der Waals surface area contributed by atoms with Crippen molar-refractivity contribution < 1.29 is 9.84 Å². The number of hydrogen-bond acceptors (Lipinski definition) is 4. The normalized spacial score (nSPS) is 18.7. The lowest BCUT2D eigenvalue weighted by molar-refractivity contribution is 0.313. The molecule has 2 N–H and O–H groups in total. The summed E-state index contributed by atoms with van der Waals surface area (Å²) < 4.78 is 7.66. The van der Waals surface area contributed by atoms with E-state index in [1.165, 1.54) is 0 Å². The molecule has 0 fully saturated rings. The first-order valence-electron chi connectivity index (χ1n) is 9.84. The molecule has 1 aliphatic rings. The number of phenolic OH excluding ortho intramolecular Hbond substituents is 1. The fraction of sp³-hybridized carbons (Fsp3) is 0.208. The highest BCUT2D eigenvalue weighted by Gasteiger charge is 2.28. The largest absolute Gasteiger partial charge is 0.504 e. The number of nitrogens with one attached hydrogen (secondary N) is 1. The van der Waals surface area contributed by atoms with Crippen LogP contribution < -0.4 is 10.1 Å². The first-order chi connectivity index (χ1) is 14.5. The maximum atomic E-state index is 10.8. The van der Waals surface area contributed by atoms with E-state index >= 15 is 0 Å². The lowest BCUT2D eigenvalue weighted by Gasteiger charge is -2.31. The molecule has 6 heteroatoms. The number of rotatable bonds is 5. The van der Waals surface area contributed by atoms with Gasteiger partial charge in [-0.15, -0.1) is 0 Å². The number of ether oxygens (including phenoxy) is 1. The van der Waals surface area contributed by atoms with Crippen molar-refractivity contribution in [2.45, 2.75) is 25.6 Å². The summed E-state index contributed by atoms with van der Waals surface area (Å²) in [5, 5.41) is 14.4.